The highest BCUT2D eigenvalue weighted by Crippen LogP contribution is 2.26. The molecule has 7 nitrogen and oxygen atoms in total. The van der Waals surface area contributed by atoms with Crippen molar-refractivity contribution in [3.05, 3.63) is 35.4 Å². The first-order valence-corrected chi connectivity index (χ1v) is 10.8. The van der Waals surface area contributed by atoms with Gasteiger partial charge in [-0.05, 0) is 25.0 Å². The number of benzene rings is 1. The Balaban J connectivity index is 1.60. The van der Waals surface area contributed by atoms with Gasteiger partial charge in [-0.3, -0.25) is 4.79 Å². The van der Waals surface area contributed by atoms with Crippen molar-refractivity contribution in [2.24, 2.45) is 0 Å². The van der Waals surface area contributed by atoms with Gasteiger partial charge in [-0.15, -0.1) is 0 Å². The monoisotopic (exact) mass is 393 g/mol. The minimum atomic E-state index is -3.10. The van der Waals surface area contributed by atoms with Crippen LogP contribution in [0.25, 0.3) is 6.08 Å². The van der Waals surface area contributed by atoms with Crippen molar-refractivity contribution in [3.8, 4) is 5.75 Å². The number of nitrogens with zero attached hydrogens (tertiary/aromatic N) is 1. The molecule has 1 amide bonds. The number of rotatable bonds is 6. The normalized spacial score (nSPS) is 20.2. The van der Waals surface area contributed by atoms with Gasteiger partial charge in [-0.2, -0.15) is 0 Å². The molecule has 3 rings (SSSR count). The summed E-state index contributed by atoms with van der Waals surface area (Å²) in [5.41, 5.74) is 1.12. The lowest BCUT2D eigenvalue weighted by Gasteiger charge is -2.27. The first-order chi connectivity index (χ1) is 12.9. The topological polar surface area (TPSA) is 90.0 Å². The maximum Gasteiger partial charge on any atom is 0.338 e. The highest BCUT2D eigenvalue weighted by atomic mass is 32.2. The Labute approximate surface area is 158 Å². The number of esters is 1. The zero-order valence-electron chi connectivity index (χ0n) is 15.2. The summed E-state index contributed by atoms with van der Waals surface area (Å²) in [5, 5.41) is 0. The van der Waals surface area contributed by atoms with E-state index in [1.54, 1.807) is 6.08 Å². The molecule has 27 heavy (non-hydrogen) atoms. The summed E-state index contributed by atoms with van der Waals surface area (Å²) in [6.07, 6.45) is 2.82. The van der Waals surface area contributed by atoms with Gasteiger partial charge in [0.1, 0.15) is 12.4 Å². The van der Waals surface area contributed by atoms with E-state index in [1.807, 2.05) is 31.2 Å². The Morgan fingerprint density at radius 2 is 2.07 bits per heavy atom. The molecular weight excluding hydrogens is 370 g/mol. The van der Waals surface area contributed by atoms with Gasteiger partial charge in [0.25, 0.3) is 5.91 Å². The number of sulfone groups is 1. The number of ether oxygens (including phenoxy) is 2. The van der Waals surface area contributed by atoms with Gasteiger partial charge < -0.3 is 14.4 Å². The summed E-state index contributed by atoms with van der Waals surface area (Å²) >= 11 is 0. The molecule has 0 unspecified atom stereocenters. The summed E-state index contributed by atoms with van der Waals surface area (Å²) in [7, 11) is -3.10. The first kappa shape index (κ1) is 19.4. The Kier molecular flexibility index (Phi) is 5.84. The summed E-state index contributed by atoms with van der Waals surface area (Å²) in [4.78, 5) is 26.3. The van der Waals surface area contributed by atoms with E-state index in [4.69, 9.17) is 9.47 Å². The Bertz CT molecular complexity index is 861. The van der Waals surface area contributed by atoms with Crippen LogP contribution in [0.4, 0.5) is 0 Å². The molecule has 2 aliphatic rings. The van der Waals surface area contributed by atoms with Crippen molar-refractivity contribution in [3.63, 3.8) is 0 Å². The quantitative estimate of drug-likeness (QED) is 0.679. The molecule has 0 saturated carbocycles. The number of amides is 1. The number of carbonyl (C=O) groups excluding carboxylic acids is 2. The molecule has 8 heteroatoms. The second-order valence-electron chi connectivity index (χ2n) is 6.72. The molecule has 2 aliphatic heterocycles. The van der Waals surface area contributed by atoms with E-state index in [2.05, 4.69) is 0 Å². The van der Waals surface area contributed by atoms with Crippen molar-refractivity contribution >= 4 is 27.8 Å². The average Bonchev–Trinajstić information content (AvgIpc) is 3.02. The second kappa shape index (κ2) is 8.12. The van der Waals surface area contributed by atoms with E-state index in [1.165, 1.54) is 4.90 Å². The highest BCUT2D eigenvalue weighted by Gasteiger charge is 2.34. The van der Waals surface area contributed by atoms with Crippen LogP contribution in [0.15, 0.2) is 29.8 Å². The lowest BCUT2D eigenvalue weighted by molar-refractivity contribution is -0.150. The maximum atomic E-state index is 12.5. The SMILES string of the molecule is CCCN(C(=O)COC(=O)C1=Cc2ccccc2OC1)[C@H]1CCS(=O)(=O)C1. The first-order valence-electron chi connectivity index (χ1n) is 8.99. The van der Waals surface area contributed by atoms with E-state index < -0.39 is 22.4 Å². The van der Waals surface area contributed by atoms with Gasteiger partial charge >= 0.3 is 5.97 Å². The molecule has 146 valence electrons. The van der Waals surface area contributed by atoms with Crippen LogP contribution in [0.1, 0.15) is 25.3 Å². The van der Waals surface area contributed by atoms with Crippen molar-refractivity contribution in [2.45, 2.75) is 25.8 Å². The van der Waals surface area contributed by atoms with E-state index in [-0.39, 0.29) is 30.1 Å². The summed E-state index contributed by atoms with van der Waals surface area (Å²) in [6.45, 7) is 2.03. The lowest BCUT2D eigenvalue weighted by Crippen LogP contribution is -2.43. The minimum Gasteiger partial charge on any atom is -0.488 e. The molecule has 0 radical (unpaired) electrons. The fraction of sp³-hybridized carbons (Fsp3) is 0.474. The predicted octanol–water partition coefficient (Wildman–Crippen LogP) is 1.43. The molecule has 1 atom stereocenters. The largest absolute Gasteiger partial charge is 0.488 e. The molecule has 1 fully saturated rings. The van der Waals surface area contributed by atoms with Crippen LogP contribution in [0, 0.1) is 0 Å². The van der Waals surface area contributed by atoms with E-state index in [0.29, 0.717) is 30.7 Å². The van der Waals surface area contributed by atoms with Crippen LogP contribution in [-0.2, 0) is 24.2 Å². The Hall–Kier alpha value is -2.35. The number of carbonyl (C=O) groups is 2. The fourth-order valence-electron chi connectivity index (χ4n) is 3.31. The predicted molar refractivity (Wildman–Crippen MR) is 99.9 cm³/mol. The molecule has 0 spiro atoms. The number of para-hydroxylation sites is 1. The molecule has 0 aromatic heterocycles. The molecule has 0 aliphatic carbocycles. The molecule has 1 saturated heterocycles. The van der Waals surface area contributed by atoms with Gasteiger partial charge in [-0.1, -0.05) is 25.1 Å². The van der Waals surface area contributed by atoms with Crippen LogP contribution in [-0.4, -0.2) is 62.5 Å². The minimum absolute atomic E-state index is 0.0253. The smallest absolute Gasteiger partial charge is 0.338 e. The van der Waals surface area contributed by atoms with E-state index in [9.17, 15) is 18.0 Å². The van der Waals surface area contributed by atoms with Gasteiger partial charge in [0.15, 0.2) is 16.4 Å². The third kappa shape index (κ3) is 4.68. The standard InChI is InChI=1S/C19H23NO6S/c1-2-8-20(16-7-9-27(23,24)13-16)18(21)12-26-19(22)15-10-14-5-3-4-6-17(14)25-11-15/h3-6,10,16H,2,7-9,11-13H2,1H3/t16-/m0/s1. The number of hydrogen-bond donors (Lipinski definition) is 0. The van der Waals surface area contributed by atoms with Crippen LogP contribution >= 0.6 is 0 Å². The zero-order valence-corrected chi connectivity index (χ0v) is 16.0. The third-order valence-corrected chi connectivity index (χ3v) is 6.41. The van der Waals surface area contributed by atoms with E-state index in [0.717, 1.165) is 5.56 Å². The Morgan fingerprint density at radius 3 is 2.78 bits per heavy atom. The van der Waals surface area contributed by atoms with Gasteiger partial charge in [0, 0.05) is 18.2 Å². The van der Waals surface area contributed by atoms with Crippen LogP contribution < -0.4 is 4.74 Å². The molecule has 0 bridgehead atoms. The molecule has 1 aromatic rings. The van der Waals surface area contributed by atoms with Crippen molar-refractivity contribution < 1.29 is 27.5 Å². The van der Waals surface area contributed by atoms with Crippen LogP contribution in [0.5, 0.6) is 5.75 Å². The third-order valence-electron chi connectivity index (χ3n) is 4.65. The maximum absolute atomic E-state index is 12.5. The van der Waals surface area contributed by atoms with Gasteiger partial charge in [-0.25, -0.2) is 13.2 Å². The molecule has 1 aromatic carbocycles. The number of fused-ring (bicyclic) bond motifs is 1. The van der Waals surface area contributed by atoms with Gasteiger partial charge in [0.05, 0.1) is 17.1 Å². The molecule has 2 heterocycles. The summed E-state index contributed by atoms with van der Waals surface area (Å²) < 4.78 is 34.1. The van der Waals surface area contributed by atoms with Crippen LogP contribution in [0.2, 0.25) is 0 Å². The van der Waals surface area contributed by atoms with Crippen molar-refractivity contribution in [1.29, 1.82) is 0 Å². The highest BCUT2D eigenvalue weighted by molar-refractivity contribution is 7.91. The van der Waals surface area contributed by atoms with Crippen molar-refractivity contribution in [2.75, 3.05) is 31.3 Å². The van der Waals surface area contributed by atoms with E-state index >= 15 is 0 Å². The molecular formula is C19H23NO6S. The molecule has 0 N–H and O–H groups in total. The summed E-state index contributed by atoms with van der Waals surface area (Å²) in [6, 6.07) is 6.99. The van der Waals surface area contributed by atoms with Gasteiger partial charge in [0.2, 0.25) is 0 Å². The average molecular weight is 393 g/mol. The van der Waals surface area contributed by atoms with Crippen LogP contribution in [0.3, 0.4) is 0 Å². The fourth-order valence-corrected chi connectivity index (χ4v) is 5.04. The number of hydrogen-bond acceptors (Lipinski definition) is 6. The van der Waals surface area contributed by atoms with Crippen molar-refractivity contribution in [1.82, 2.24) is 4.90 Å². The second-order valence-corrected chi connectivity index (χ2v) is 8.94. The lowest BCUT2D eigenvalue weighted by atomic mass is 10.1. The summed E-state index contributed by atoms with van der Waals surface area (Å²) in [5.74, 6) is -0.211. The Morgan fingerprint density at radius 1 is 1.30 bits per heavy atom. The zero-order chi connectivity index (χ0) is 19.4.